The Morgan fingerprint density at radius 1 is 1.17 bits per heavy atom. The molecule has 2 N–H and O–H groups in total. The normalized spacial score (nSPS) is 20.3. The number of nitrogens with zero attached hydrogens (tertiary/aromatic N) is 3. The van der Waals surface area contributed by atoms with Crippen molar-refractivity contribution in [2.75, 3.05) is 11.9 Å². The van der Waals surface area contributed by atoms with E-state index < -0.39 is 12.5 Å². The number of alkyl halides is 2. The number of pyridine rings is 1. The molecule has 0 atom stereocenters. The standard InChI is InChI=1S/C21H24F2N4O2/c1-2-21(22,23)12-25-20-24-11-17-15-5-3-4-6-16(15)19(29)27(18(17)26-20)13-7-9-14(28)10-8-13/h3-6,11,13-14,28H,2,7-10,12H2,1H3,(H,24,25,26)/t13-,14-. The third-order valence-electron chi connectivity index (χ3n) is 5.72. The second-order valence-electron chi connectivity index (χ2n) is 7.68. The predicted molar refractivity (Wildman–Crippen MR) is 109 cm³/mol. The maximum absolute atomic E-state index is 13.6. The van der Waals surface area contributed by atoms with Crippen LogP contribution in [0.4, 0.5) is 14.7 Å². The summed E-state index contributed by atoms with van der Waals surface area (Å²) >= 11 is 0. The molecular weight excluding hydrogens is 378 g/mol. The van der Waals surface area contributed by atoms with Crippen LogP contribution in [-0.2, 0) is 0 Å². The lowest BCUT2D eigenvalue weighted by molar-refractivity contribution is 0.0114. The van der Waals surface area contributed by atoms with Gasteiger partial charge in [-0.2, -0.15) is 4.98 Å². The monoisotopic (exact) mass is 402 g/mol. The van der Waals surface area contributed by atoms with E-state index in [9.17, 15) is 18.7 Å². The van der Waals surface area contributed by atoms with Crippen molar-refractivity contribution >= 4 is 27.8 Å². The minimum atomic E-state index is -2.86. The Bertz CT molecular complexity index is 1090. The maximum atomic E-state index is 13.6. The van der Waals surface area contributed by atoms with Crippen LogP contribution in [0.3, 0.4) is 0 Å². The summed E-state index contributed by atoms with van der Waals surface area (Å²) < 4.78 is 28.9. The van der Waals surface area contributed by atoms with Crippen LogP contribution in [0.15, 0.2) is 35.3 Å². The lowest BCUT2D eigenvalue weighted by Crippen LogP contribution is -2.31. The van der Waals surface area contributed by atoms with Gasteiger partial charge in [-0.25, -0.2) is 13.8 Å². The second-order valence-corrected chi connectivity index (χ2v) is 7.68. The molecule has 29 heavy (non-hydrogen) atoms. The molecule has 0 aliphatic heterocycles. The summed E-state index contributed by atoms with van der Waals surface area (Å²) in [5, 5.41) is 14.5. The van der Waals surface area contributed by atoms with Gasteiger partial charge < -0.3 is 10.4 Å². The average Bonchev–Trinajstić information content (AvgIpc) is 2.74. The number of halogens is 2. The van der Waals surface area contributed by atoms with Crippen molar-refractivity contribution in [2.24, 2.45) is 0 Å². The van der Waals surface area contributed by atoms with Crippen molar-refractivity contribution in [3.63, 3.8) is 0 Å². The zero-order valence-electron chi connectivity index (χ0n) is 16.2. The van der Waals surface area contributed by atoms with Gasteiger partial charge in [0.1, 0.15) is 5.65 Å². The Morgan fingerprint density at radius 3 is 2.55 bits per heavy atom. The minimum absolute atomic E-state index is 0.0740. The fraction of sp³-hybridized carbons (Fsp3) is 0.476. The molecule has 8 heteroatoms. The molecule has 3 aromatic rings. The summed E-state index contributed by atoms with van der Waals surface area (Å²) in [5.41, 5.74) is 0.283. The van der Waals surface area contributed by atoms with Gasteiger partial charge in [-0.05, 0) is 37.1 Å². The van der Waals surface area contributed by atoms with E-state index in [4.69, 9.17) is 0 Å². The first kappa shape index (κ1) is 19.7. The quantitative estimate of drug-likeness (QED) is 0.633. The molecule has 2 aromatic heterocycles. The van der Waals surface area contributed by atoms with E-state index in [0.717, 1.165) is 5.39 Å². The Morgan fingerprint density at radius 2 is 1.86 bits per heavy atom. The first-order valence-corrected chi connectivity index (χ1v) is 9.99. The van der Waals surface area contributed by atoms with Crippen molar-refractivity contribution in [1.29, 1.82) is 0 Å². The number of nitrogens with one attached hydrogen (secondary N) is 1. The molecule has 0 amide bonds. The van der Waals surface area contributed by atoms with Gasteiger partial charge in [-0.1, -0.05) is 25.1 Å². The van der Waals surface area contributed by atoms with Crippen molar-refractivity contribution in [2.45, 2.75) is 57.1 Å². The Hall–Kier alpha value is -2.61. The first-order valence-electron chi connectivity index (χ1n) is 9.99. The van der Waals surface area contributed by atoms with Crippen molar-refractivity contribution in [3.05, 3.63) is 40.8 Å². The highest BCUT2D eigenvalue weighted by Crippen LogP contribution is 2.31. The van der Waals surface area contributed by atoms with Gasteiger partial charge in [0.25, 0.3) is 11.5 Å². The highest BCUT2D eigenvalue weighted by molar-refractivity contribution is 6.04. The lowest BCUT2D eigenvalue weighted by atomic mass is 9.92. The largest absolute Gasteiger partial charge is 0.393 e. The molecule has 6 nitrogen and oxygen atoms in total. The molecule has 0 saturated heterocycles. The number of aliphatic hydroxyl groups excluding tert-OH is 1. The van der Waals surface area contributed by atoms with E-state index in [1.165, 1.54) is 6.92 Å². The molecule has 0 radical (unpaired) electrons. The van der Waals surface area contributed by atoms with Gasteiger partial charge in [0.05, 0.1) is 12.6 Å². The Balaban J connectivity index is 1.86. The first-order chi connectivity index (χ1) is 13.9. The van der Waals surface area contributed by atoms with Crippen LogP contribution in [0.2, 0.25) is 0 Å². The number of aliphatic hydroxyl groups is 1. The highest BCUT2D eigenvalue weighted by Gasteiger charge is 2.27. The molecule has 1 fully saturated rings. The van der Waals surface area contributed by atoms with Crippen LogP contribution < -0.4 is 10.9 Å². The summed E-state index contributed by atoms with van der Waals surface area (Å²) in [6.45, 7) is 0.854. The maximum Gasteiger partial charge on any atom is 0.264 e. The summed E-state index contributed by atoms with van der Waals surface area (Å²) in [7, 11) is 0. The minimum Gasteiger partial charge on any atom is -0.393 e. The number of anilines is 1. The fourth-order valence-electron chi connectivity index (χ4n) is 3.95. The molecule has 2 heterocycles. The Kier molecular flexibility index (Phi) is 5.21. The predicted octanol–water partition coefficient (Wildman–Crippen LogP) is 3.88. The average molecular weight is 402 g/mol. The molecule has 1 saturated carbocycles. The molecular formula is C21H24F2N4O2. The summed E-state index contributed by atoms with van der Waals surface area (Å²) in [6, 6.07) is 7.18. The fourth-order valence-corrected chi connectivity index (χ4v) is 3.95. The van der Waals surface area contributed by atoms with E-state index >= 15 is 0 Å². The van der Waals surface area contributed by atoms with Crippen molar-refractivity contribution in [3.8, 4) is 0 Å². The van der Waals surface area contributed by atoms with Crippen LogP contribution in [-0.4, -0.2) is 38.2 Å². The van der Waals surface area contributed by atoms with E-state index in [1.807, 2.05) is 18.2 Å². The van der Waals surface area contributed by atoms with E-state index in [1.54, 1.807) is 16.8 Å². The number of fused-ring (bicyclic) bond motifs is 3. The van der Waals surface area contributed by atoms with Gasteiger partial charge in [-0.15, -0.1) is 0 Å². The van der Waals surface area contributed by atoms with Crippen LogP contribution >= 0.6 is 0 Å². The molecule has 0 spiro atoms. The van der Waals surface area contributed by atoms with E-state index in [0.29, 0.717) is 42.1 Å². The lowest BCUT2D eigenvalue weighted by Gasteiger charge is -2.28. The van der Waals surface area contributed by atoms with Gasteiger partial charge >= 0.3 is 0 Å². The number of rotatable bonds is 5. The van der Waals surface area contributed by atoms with Crippen LogP contribution in [0.1, 0.15) is 45.1 Å². The topological polar surface area (TPSA) is 80.0 Å². The smallest absolute Gasteiger partial charge is 0.264 e. The SMILES string of the molecule is CCC(F)(F)CNc1ncc2c3ccccc3c(=O)n([C@H]3CC[C@H](O)CC3)c2n1. The van der Waals surface area contributed by atoms with Crippen molar-refractivity contribution < 1.29 is 13.9 Å². The van der Waals surface area contributed by atoms with Crippen LogP contribution in [0, 0.1) is 0 Å². The molecule has 0 unspecified atom stereocenters. The van der Waals surface area contributed by atoms with Gasteiger partial charge in [0.2, 0.25) is 5.95 Å². The third kappa shape index (κ3) is 3.81. The number of aromatic nitrogens is 3. The van der Waals surface area contributed by atoms with Crippen molar-refractivity contribution in [1.82, 2.24) is 14.5 Å². The number of benzene rings is 1. The van der Waals surface area contributed by atoms with Gasteiger partial charge in [-0.3, -0.25) is 9.36 Å². The number of hydrogen-bond acceptors (Lipinski definition) is 5. The molecule has 1 aliphatic rings. The van der Waals surface area contributed by atoms with Crippen LogP contribution in [0.25, 0.3) is 21.8 Å². The molecule has 1 aliphatic carbocycles. The highest BCUT2D eigenvalue weighted by atomic mass is 19.3. The molecule has 4 rings (SSSR count). The summed E-state index contributed by atoms with van der Waals surface area (Å²) in [4.78, 5) is 22.0. The second kappa shape index (κ2) is 7.67. The molecule has 1 aromatic carbocycles. The van der Waals surface area contributed by atoms with E-state index in [-0.39, 0.29) is 30.1 Å². The molecule has 154 valence electrons. The zero-order valence-corrected chi connectivity index (χ0v) is 16.2. The van der Waals surface area contributed by atoms with E-state index in [2.05, 4.69) is 15.3 Å². The summed E-state index contributed by atoms with van der Waals surface area (Å²) in [5.74, 6) is -2.79. The third-order valence-corrected chi connectivity index (χ3v) is 5.72. The van der Waals surface area contributed by atoms with Gasteiger partial charge in [0, 0.05) is 29.4 Å². The van der Waals surface area contributed by atoms with Crippen LogP contribution in [0.5, 0.6) is 0 Å². The number of hydrogen-bond donors (Lipinski definition) is 2. The zero-order chi connectivity index (χ0) is 20.6. The summed E-state index contributed by atoms with van der Waals surface area (Å²) in [6.07, 6.45) is 3.51. The van der Waals surface area contributed by atoms with Gasteiger partial charge in [0.15, 0.2) is 0 Å². The molecule has 0 bridgehead atoms. The Labute approximate surface area is 166 Å².